The Balaban J connectivity index is 2.57. The monoisotopic (exact) mass is 267 g/mol. The maximum atomic E-state index is 12.3. The molecule has 0 bridgehead atoms. The molecule has 0 aliphatic heterocycles. The number of anilines is 1. The minimum Gasteiger partial charge on any atom is -0.366 e. The van der Waals surface area contributed by atoms with Crippen molar-refractivity contribution in [3.63, 3.8) is 0 Å². The van der Waals surface area contributed by atoms with Gasteiger partial charge in [0.1, 0.15) is 0 Å². The molecule has 0 aliphatic carbocycles. The van der Waals surface area contributed by atoms with Crippen LogP contribution in [0.4, 0.5) is 5.95 Å². The fraction of sp³-hybridized carbons (Fsp3) is 0.769. The number of aromatic nitrogens is 3. The molecule has 3 N–H and O–H groups in total. The average molecular weight is 267 g/mol. The van der Waals surface area contributed by atoms with Gasteiger partial charge < -0.3 is 10.6 Å². The highest BCUT2D eigenvalue weighted by Crippen LogP contribution is 2.07. The number of aromatic amines is 1. The van der Waals surface area contributed by atoms with E-state index in [-0.39, 0.29) is 17.7 Å². The topological polar surface area (TPSA) is 87.9 Å². The summed E-state index contributed by atoms with van der Waals surface area (Å²) in [7, 11) is 0. The van der Waals surface area contributed by atoms with Crippen LogP contribution < -0.4 is 5.73 Å². The Morgan fingerprint density at radius 2 is 1.74 bits per heavy atom. The molecule has 6 nitrogen and oxygen atoms in total. The second-order valence-corrected chi connectivity index (χ2v) is 4.75. The molecular weight excluding hydrogens is 242 g/mol. The predicted octanol–water partition coefficient (Wildman–Crippen LogP) is 2.21. The lowest BCUT2D eigenvalue weighted by molar-refractivity contribution is 0.0738. The second kappa shape index (κ2) is 8.50. The van der Waals surface area contributed by atoms with E-state index in [2.05, 4.69) is 29.0 Å². The van der Waals surface area contributed by atoms with Crippen molar-refractivity contribution in [2.45, 2.75) is 52.4 Å². The number of nitrogen functional groups attached to an aromatic ring is 1. The van der Waals surface area contributed by atoms with Gasteiger partial charge in [0.15, 0.2) is 0 Å². The van der Waals surface area contributed by atoms with E-state index in [9.17, 15) is 4.79 Å². The third-order valence-corrected chi connectivity index (χ3v) is 3.06. The van der Waals surface area contributed by atoms with Crippen molar-refractivity contribution in [3.8, 4) is 0 Å². The molecule has 1 aromatic rings. The van der Waals surface area contributed by atoms with Gasteiger partial charge in [-0.2, -0.15) is 4.98 Å². The Kier molecular flexibility index (Phi) is 6.92. The van der Waals surface area contributed by atoms with E-state index in [1.165, 1.54) is 0 Å². The summed E-state index contributed by atoms with van der Waals surface area (Å²) in [5, 5.41) is 6.30. The zero-order valence-electron chi connectivity index (χ0n) is 12.0. The molecule has 1 amide bonds. The van der Waals surface area contributed by atoms with Gasteiger partial charge in [0.05, 0.1) is 0 Å². The summed E-state index contributed by atoms with van der Waals surface area (Å²) in [5.74, 6) is 0.257. The van der Waals surface area contributed by atoms with Crippen LogP contribution in [-0.4, -0.2) is 39.1 Å². The van der Waals surface area contributed by atoms with Crippen LogP contribution in [0.3, 0.4) is 0 Å². The number of nitrogens with zero attached hydrogens (tertiary/aromatic N) is 3. The lowest BCUT2D eigenvalue weighted by atomic mass is 10.2. The van der Waals surface area contributed by atoms with Crippen molar-refractivity contribution in [1.82, 2.24) is 20.1 Å². The smallest absolute Gasteiger partial charge is 0.291 e. The Morgan fingerprint density at radius 1 is 1.16 bits per heavy atom. The van der Waals surface area contributed by atoms with E-state index in [0.717, 1.165) is 51.6 Å². The molecule has 0 aliphatic rings. The predicted molar refractivity (Wildman–Crippen MR) is 75.7 cm³/mol. The first kappa shape index (κ1) is 15.5. The largest absolute Gasteiger partial charge is 0.366 e. The van der Waals surface area contributed by atoms with E-state index in [0.29, 0.717) is 0 Å². The van der Waals surface area contributed by atoms with Crippen molar-refractivity contribution in [2.24, 2.45) is 0 Å². The molecule has 1 aromatic heterocycles. The second-order valence-electron chi connectivity index (χ2n) is 4.75. The molecule has 1 heterocycles. The van der Waals surface area contributed by atoms with Gasteiger partial charge in [-0.1, -0.05) is 39.5 Å². The number of hydrogen-bond acceptors (Lipinski definition) is 4. The molecule has 0 spiro atoms. The van der Waals surface area contributed by atoms with E-state index >= 15 is 0 Å². The van der Waals surface area contributed by atoms with Gasteiger partial charge in [0.2, 0.25) is 11.8 Å². The number of carbonyl (C=O) groups is 1. The fourth-order valence-electron chi connectivity index (χ4n) is 1.94. The summed E-state index contributed by atoms with van der Waals surface area (Å²) >= 11 is 0. The molecule has 0 saturated heterocycles. The van der Waals surface area contributed by atoms with Crippen molar-refractivity contribution >= 4 is 11.9 Å². The van der Waals surface area contributed by atoms with Gasteiger partial charge >= 0.3 is 0 Å². The number of nitrogens with one attached hydrogen (secondary N) is 1. The number of rotatable bonds is 9. The lowest BCUT2D eigenvalue weighted by Gasteiger charge is -2.21. The van der Waals surface area contributed by atoms with Crippen LogP contribution in [0.5, 0.6) is 0 Å². The van der Waals surface area contributed by atoms with E-state index in [1.807, 2.05) is 4.90 Å². The maximum absolute atomic E-state index is 12.3. The van der Waals surface area contributed by atoms with Crippen LogP contribution in [0, 0.1) is 0 Å². The fourth-order valence-corrected chi connectivity index (χ4v) is 1.94. The number of nitrogens with two attached hydrogens (primary N) is 1. The minimum atomic E-state index is -0.101. The van der Waals surface area contributed by atoms with Crippen molar-refractivity contribution in [3.05, 3.63) is 5.82 Å². The summed E-state index contributed by atoms with van der Waals surface area (Å²) in [6.07, 6.45) is 6.61. The molecule has 108 valence electrons. The molecule has 19 heavy (non-hydrogen) atoms. The van der Waals surface area contributed by atoms with Crippen molar-refractivity contribution in [1.29, 1.82) is 0 Å². The Bertz CT molecular complexity index is 367. The van der Waals surface area contributed by atoms with Crippen LogP contribution >= 0.6 is 0 Å². The number of hydrogen-bond donors (Lipinski definition) is 2. The standard InChI is InChI=1S/C13H25N5O/c1-3-5-7-9-18(10-8-6-4-2)12(19)11-15-13(14)17-16-11/h3-10H2,1-2H3,(H3,14,15,16,17). The Morgan fingerprint density at radius 3 is 2.16 bits per heavy atom. The van der Waals surface area contributed by atoms with Gasteiger partial charge in [-0.3, -0.25) is 9.89 Å². The molecule has 0 saturated carbocycles. The maximum Gasteiger partial charge on any atom is 0.291 e. The normalized spacial score (nSPS) is 10.6. The minimum absolute atomic E-state index is 0.101. The van der Waals surface area contributed by atoms with Gasteiger partial charge in [-0.15, -0.1) is 5.10 Å². The average Bonchev–Trinajstić information content (AvgIpc) is 2.83. The van der Waals surface area contributed by atoms with Gasteiger partial charge in [0, 0.05) is 13.1 Å². The molecular formula is C13H25N5O. The molecule has 0 radical (unpaired) electrons. The summed E-state index contributed by atoms with van der Waals surface area (Å²) in [5.41, 5.74) is 5.44. The first-order valence-electron chi connectivity index (χ1n) is 7.16. The number of carbonyl (C=O) groups excluding carboxylic acids is 1. The summed E-state index contributed by atoms with van der Waals surface area (Å²) in [6.45, 7) is 5.86. The Labute approximate surface area is 114 Å². The van der Waals surface area contributed by atoms with E-state index in [4.69, 9.17) is 5.73 Å². The lowest BCUT2D eigenvalue weighted by Crippen LogP contribution is -2.33. The highest BCUT2D eigenvalue weighted by atomic mass is 16.2. The zero-order chi connectivity index (χ0) is 14.1. The molecule has 0 unspecified atom stereocenters. The van der Waals surface area contributed by atoms with Crippen molar-refractivity contribution in [2.75, 3.05) is 18.8 Å². The molecule has 0 aromatic carbocycles. The number of amides is 1. The summed E-state index contributed by atoms with van der Waals surface area (Å²) in [4.78, 5) is 18.0. The first-order chi connectivity index (χ1) is 9.19. The van der Waals surface area contributed by atoms with Crippen LogP contribution in [0.15, 0.2) is 0 Å². The van der Waals surface area contributed by atoms with E-state index < -0.39 is 0 Å². The third kappa shape index (κ3) is 5.28. The van der Waals surface area contributed by atoms with Crippen LogP contribution in [0.1, 0.15) is 63.0 Å². The molecule has 0 atom stereocenters. The highest BCUT2D eigenvalue weighted by molar-refractivity contribution is 5.90. The molecule has 1 rings (SSSR count). The van der Waals surface area contributed by atoms with Gasteiger partial charge in [-0.05, 0) is 12.8 Å². The van der Waals surface area contributed by atoms with Crippen molar-refractivity contribution < 1.29 is 4.79 Å². The zero-order valence-corrected chi connectivity index (χ0v) is 12.0. The van der Waals surface area contributed by atoms with Crippen LogP contribution in [0.2, 0.25) is 0 Å². The summed E-state index contributed by atoms with van der Waals surface area (Å²) < 4.78 is 0. The summed E-state index contributed by atoms with van der Waals surface area (Å²) in [6, 6.07) is 0. The quantitative estimate of drug-likeness (QED) is 0.671. The van der Waals surface area contributed by atoms with Gasteiger partial charge in [-0.25, -0.2) is 0 Å². The van der Waals surface area contributed by atoms with Crippen LogP contribution in [0.25, 0.3) is 0 Å². The Hall–Kier alpha value is -1.59. The first-order valence-corrected chi connectivity index (χ1v) is 7.16. The van der Waals surface area contributed by atoms with Crippen LogP contribution in [-0.2, 0) is 0 Å². The molecule has 6 heteroatoms. The third-order valence-electron chi connectivity index (χ3n) is 3.06. The number of unbranched alkanes of at least 4 members (excludes halogenated alkanes) is 4. The molecule has 0 fully saturated rings. The number of H-pyrrole nitrogens is 1. The highest BCUT2D eigenvalue weighted by Gasteiger charge is 2.18. The SMILES string of the molecule is CCCCCN(CCCCC)C(=O)c1nc(N)n[nH]1. The van der Waals surface area contributed by atoms with E-state index in [1.54, 1.807) is 0 Å². The van der Waals surface area contributed by atoms with Gasteiger partial charge in [0.25, 0.3) is 5.91 Å².